The van der Waals surface area contributed by atoms with E-state index in [1.807, 2.05) is 25.1 Å². The van der Waals surface area contributed by atoms with E-state index in [1.54, 1.807) is 0 Å². The first-order chi connectivity index (χ1) is 7.38. The van der Waals surface area contributed by atoms with Gasteiger partial charge in [-0.25, -0.2) is 8.42 Å². The van der Waals surface area contributed by atoms with Gasteiger partial charge in [0.2, 0.25) is 0 Å². The fourth-order valence-corrected chi connectivity index (χ4v) is 2.11. The summed E-state index contributed by atoms with van der Waals surface area (Å²) in [5.41, 5.74) is 8.44. The summed E-state index contributed by atoms with van der Waals surface area (Å²) in [5, 5.41) is 3.19. The van der Waals surface area contributed by atoms with Crippen molar-refractivity contribution in [3.05, 3.63) is 23.8 Å². The minimum absolute atomic E-state index is 0.216. The van der Waals surface area contributed by atoms with Crippen molar-refractivity contribution < 1.29 is 8.42 Å². The van der Waals surface area contributed by atoms with Gasteiger partial charge in [0, 0.05) is 24.2 Å². The average Bonchev–Trinajstić information content (AvgIpc) is 2.13. The molecular weight excluding hydrogens is 224 g/mol. The second kappa shape index (κ2) is 5.21. The molecule has 16 heavy (non-hydrogen) atoms. The summed E-state index contributed by atoms with van der Waals surface area (Å²) in [5.74, 6) is 0.216. The van der Waals surface area contributed by atoms with E-state index in [2.05, 4.69) is 5.32 Å². The normalized spacial score (nSPS) is 11.4. The molecule has 0 unspecified atom stereocenters. The van der Waals surface area contributed by atoms with Gasteiger partial charge in [-0.3, -0.25) is 0 Å². The quantitative estimate of drug-likeness (QED) is 0.605. The molecular formula is C11H18N2O2S. The van der Waals surface area contributed by atoms with Gasteiger partial charge in [0.15, 0.2) is 0 Å². The van der Waals surface area contributed by atoms with E-state index in [1.165, 1.54) is 6.26 Å². The second-order valence-corrected chi connectivity index (χ2v) is 6.24. The van der Waals surface area contributed by atoms with Crippen molar-refractivity contribution in [2.45, 2.75) is 13.3 Å². The number of hydrogen-bond acceptors (Lipinski definition) is 4. The van der Waals surface area contributed by atoms with Gasteiger partial charge in [0.05, 0.1) is 5.75 Å². The lowest BCUT2D eigenvalue weighted by molar-refractivity contribution is 0.600. The third-order valence-electron chi connectivity index (χ3n) is 2.26. The molecule has 0 amide bonds. The van der Waals surface area contributed by atoms with Crippen LogP contribution in [0.2, 0.25) is 0 Å². The van der Waals surface area contributed by atoms with Crippen LogP contribution < -0.4 is 11.1 Å². The number of nitrogens with one attached hydrogen (secondary N) is 1. The molecule has 0 spiro atoms. The van der Waals surface area contributed by atoms with Gasteiger partial charge in [0.1, 0.15) is 9.84 Å². The maximum atomic E-state index is 10.9. The van der Waals surface area contributed by atoms with Gasteiger partial charge < -0.3 is 11.1 Å². The molecule has 0 aliphatic heterocycles. The molecule has 0 aliphatic rings. The first-order valence-electron chi connectivity index (χ1n) is 5.16. The van der Waals surface area contributed by atoms with Crippen molar-refractivity contribution in [3.8, 4) is 0 Å². The highest BCUT2D eigenvalue weighted by molar-refractivity contribution is 7.90. The Morgan fingerprint density at radius 3 is 2.62 bits per heavy atom. The SMILES string of the molecule is Cc1cc(N)ccc1NCCCS(C)(=O)=O. The molecule has 0 heterocycles. The van der Waals surface area contributed by atoms with Crippen molar-refractivity contribution in [1.82, 2.24) is 0 Å². The summed E-state index contributed by atoms with van der Waals surface area (Å²) in [6, 6.07) is 5.62. The molecule has 1 aromatic rings. The first kappa shape index (κ1) is 12.8. The highest BCUT2D eigenvalue weighted by Gasteiger charge is 2.02. The number of nitrogens with two attached hydrogens (primary N) is 1. The molecule has 0 saturated carbocycles. The Bertz CT molecular complexity index is 455. The van der Waals surface area contributed by atoms with Crippen LogP contribution in [0.1, 0.15) is 12.0 Å². The summed E-state index contributed by atoms with van der Waals surface area (Å²) >= 11 is 0. The summed E-state index contributed by atoms with van der Waals surface area (Å²) in [4.78, 5) is 0. The second-order valence-electron chi connectivity index (χ2n) is 3.98. The van der Waals surface area contributed by atoms with Gasteiger partial charge in [0.25, 0.3) is 0 Å². The topological polar surface area (TPSA) is 72.2 Å². The van der Waals surface area contributed by atoms with Gasteiger partial charge in [-0.15, -0.1) is 0 Å². The van der Waals surface area contributed by atoms with Crippen LogP contribution in [0.25, 0.3) is 0 Å². The Kier molecular flexibility index (Phi) is 4.18. The Labute approximate surface area is 96.8 Å². The lowest BCUT2D eigenvalue weighted by Gasteiger charge is -2.09. The number of sulfone groups is 1. The average molecular weight is 242 g/mol. The Morgan fingerprint density at radius 2 is 2.06 bits per heavy atom. The van der Waals surface area contributed by atoms with Crippen LogP contribution in [0.4, 0.5) is 11.4 Å². The fourth-order valence-electron chi connectivity index (χ4n) is 1.44. The Morgan fingerprint density at radius 1 is 1.38 bits per heavy atom. The molecule has 0 saturated heterocycles. The summed E-state index contributed by atoms with van der Waals surface area (Å²) in [6.45, 7) is 2.62. The number of hydrogen-bond donors (Lipinski definition) is 2. The van der Waals surface area contributed by atoms with Crippen LogP contribution in [0, 0.1) is 6.92 Å². The maximum Gasteiger partial charge on any atom is 0.147 e. The molecule has 3 N–H and O–H groups in total. The lowest BCUT2D eigenvalue weighted by Crippen LogP contribution is -2.10. The zero-order valence-electron chi connectivity index (χ0n) is 9.66. The van der Waals surface area contributed by atoms with E-state index in [0.29, 0.717) is 13.0 Å². The zero-order chi connectivity index (χ0) is 12.2. The molecule has 90 valence electrons. The van der Waals surface area contributed by atoms with Gasteiger partial charge >= 0.3 is 0 Å². The van der Waals surface area contributed by atoms with Crippen molar-refractivity contribution in [3.63, 3.8) is 0 Å². The number of benzene rings is 1. The minimum atomic E-state index is -2.86. The molecule has 4 nitrogen and oxygen atoms in total. The molecule has 0 bridgehead atoms. The largest absolute Gasteiger partial charge is 0.399 e. The van der Waals surface area contributed by atoms with Crippen molar-refractivity contribution in [2.24, 2.45) is 0 Å². The van der Waals surface area contributed by atoms with E-state index in [0.717, 1.165) is 16.9 Å². The lowest BCUT2D eigenvalue weighted by atomic mass is 10.2. The predicted molar refractivity (Wildman–Crippen MR) is 68.4 cm³/mol. The highest BCUT2D eigenvalue weighted by atomic mass is 32.2. The number of aryl methyl sites for hydroxylation is 1. The molecule has 0 aromatic heterocycles. The Hall–Kier alpha value is -1.23. The standard InChI is InChI=1S/C11H18N2O2S/c1-9-8-10(12)4-5-11(9)13-6-3-7-16(2,14)15/h4-5,8,13H,3,6-7,12H2,1-2H3. The van der Waals surface area contributed by atoms with Crippen LogP contribution >= 0.6 is 0 Å². The number of rotatable bonds is 5. The number of nitrogen functional groups attached to an aromatic ring is 1. The predicted octanol–water partition coefficient (Wildman–Crippen LogP) is 1.42. The summed E-state index contributed by atoms with van der Waals surface area (Å²) in [7, 11) is -2.86. The van der Waals surface area contributed by atoms with Crippen LogP contribution in [0.5, 0.6) is 0 Å². The Balaban J connectivity index is 2.43. The molecule has 1 rings (SSSR count). The summed E-state index contributed by atoms with van der Waals surface area (Å²) in [6.07, 6.45) is 1.87. The molecule has 1 aromatic carbocycles. The van der Waals surface area contributed by atoms with Crippen LogP contribution in [0.15, 0.2) is 18.2 Å². The number of anilines is 2. The van der Waals surface area contributed by atoms with E-state index in [4.69, 9.17) is 5.73 Å². The third kappa shape index (κ3) is 4.53. The van der Waals surface area contributed by atoms with Crippen molar-refractivity contribution in [2.75, 3.05) is 29.6 Å². The monoisotopic (exact) mass is 242 g/mol. The van der Waals surface area contributed by atoms with Crippen molar-refractivity contribution in [1.29, 1.82) is 0 Å². The molecule has 0 aliphatic carbocycles. The van der Waals surface area contributed by atoms with Crippen LogP contribution in [0.3, 0.4) is 0 Å². The van der Waals surface area contributed by atoms with Gasteiger partial charge in [-0.2, -0.15) is 0 Å². The van der Waals surface area contributed by atoms with E-state index >= 15 is 0 Å². The van der Waals surface area contributed by atoms with E-state index in [9.17, 15) is 8.42 Å². The smallest absolute Gasteiger partial charge is 0.147 e. The van der Waals surface area contributed by atoms with Crippen LogP contribution in [-0.2, 0) is 9.84 Å². The first-order valence-corrected chi connectivity index (χ1v) is 7.22. The highest BCUT2D eigenvalue weighted by Crippen LogP contribution is 2.17. The third-order valence-corrected chi connectivity index (χ3v) is 3.29. The molecule has 0 fully saturated rings. The zero-order valence-corrected chi connectivity index (χ0v) is 10.5. The van der Waals surface area contributed by atoms with Crippen LogP contribution in [-0.4, -0.2) is 27.0 Å². The summed E-state index contributed by atoms with van der Waals surface area (Å²) < 4.78 is 21.8. The van der Waals surface area contributed by atoms with Gasteiger partial charge in [-0.05, 0) is 37.1 Å². The van der Waals surface area contributed by atoms with E-state index < -0.39 is 9.84 Å². The molecule has 5 heteroatoms. The molecule has 0 radical (unpaired) electrons. The molecule has 0 atom stereocenters. The maximum absolute atomic E-state index is 10.9. The van der Waals surface area contributed by atoms with E-state index in [-0.39, 0.29) is 5.75 Å². The van der Waals surface area contributed by atoms with Crippen molar-refractivity contribution >= 4 is 21.2 Å². The fraction of sp³-hybridized carbons (Fsp3) is 0.455. The minimum Gasteiger partial charge on any atom is -0.399 e. The van der Waals surface area contributed by atoms with Gasteiger partial charge in [-0.1, -0.05) is 0 Å².